The summed E-state index contributed by atoms with van der Waals surface area (Å²) in [5.41, 5.74) is 0. The van der Waals surface area contributed by atoms with E-state index in [2.05, 4.69) is 67.8 Å². The Balaban J connectivity index is 2.21. The fourth-order valence-electron chi connectivity index (χ4n) is 8.85. The highest BCUT2D eigenvalue weighted by atomic mass is 16.7. The van der Waals surface area contributed by atoms with Crippen molar-refractivity contribution in [1.82, 2.24) is 5.32 Å². The number of nitrogens with one attached hydrogen (secondary N) is 1. The summed E-state index contributed by atoms with van der Waals surface area (Å²) in [5.74, 6) is -0.177. The van der Waals surface area contributed by atoms with Gasteiger partial charge >= 0.3 is 0 Å². The average Bonchev–Trinajstić information content (AvgIpc) is 3.34. The van der Waals surface area contributed by atoms with Crippen molar-refractivity contribution in [3.8, 4) is 0 Å². The second kappa shape index (κ2) is 48.5. The van der Waals surface area contributed by atoms with E-state index in [1.807, 2.05) is 6.08 Å². The third kappa shape index (κ3) is 37.7. The number of unbranched alkanes of at least 4 members (excludes halogenated alkanes) is 30. The highest BCUT2D eigenvalue weighted by Crippen LogP contribution is 2.23. The molecule has 1 amide bonds. The molecule has 0 spiro atoms. The van der Waals surface area contributed by atoms with Crippen LogP contribution in [-0.4, -0.2) is 87.5 Å². The summed E-state index contributed by atoms with van der Waals surface area (Å²) >= 11 is 0. The molecule has 1 heterocycles. The molecule has 0 aromatic carbocycles. The largest absolute Gasteiger partial charge is 0.394 e. The molecule has 1 fully saturated rings. The number of amides is 1. The Morgan fingerprint density at radius 1 is 0.515 bits per heavy atom. The van der Waals surface area contributed by atoms with E-state index in [0.717, 1.165) is 64.2 Å². The van der Waals surface area contributed by atoms with Crippen LogP contribution in [0.2, 0.25) is 0 Å². The quantitative estimate of drug-likeness (QED) is 0.0261. The lowest BCUT2D eigenvalue weighted by molar-refractivity contribution is -0.302. The van der Waals surface area contributed by atoms with Gasteiger partial charge in [-0.3, -0.25) is 4.79 Å². The van der Waals surface area contributed by atoms with Gasteiger partial charge in [0.2, 0.25) is 5.91 Å². The molecular formula is C59H107NO8. The third-order valence-electron chi connectivity index (χ3n) is 13.3. The number of aliphatic hydroxyl groups excluding tert-OH is 5. The summed E-state index contributed by atoms with van der Waals surface area (Å²) in [7, 11) is 0. The summed E-state index contributed by atoms with van der Waals surface area (Å²) in [6, 6.07) is -0.807. The lowest BCUT2D eigenvalue weighted by Crippen LogP contribution is -2.60. The van der Waals surface area contributed by atoms with Gasteiger partial charge in [0.25, 0.3) is 0 Å². The molecule has 0 aromatic heterocycles. The summed E-state index contributed by atoms with van der Waals surface area (Å²) in [6.45, 7) is 3.68. The fraction of sp³-hybridized carbons (Fsp3) is 0.814. The van der Waals surface area contributed by atoms with Crippen molar-refractivity contribution in [1.29, 1.82) is 0 Å². The zero-order chi connectivity index (χ0) is 49.4. The minimum atomic E-state index is -1.57. The van der Waals surface area contributed by atoms with E-state index in [1.165, 1.54) is 167 Å². The van der Waals surface area contributed by atoms with Gasteiger partial charge in [0.15, 0.2) is 6.29 Å². The van der Waals surface area contributed by atoms with Gasteiger partial charge in [-0.05, 0) is 57.8 Å². The zero-order valence-electron chi connectivity index (χ0n) is 43.9. The summed E-state index contributed by atoms with van der Waals surface area (Å²) in [5, 5.41) is 54.5. The number of hydrogen-bond acceptors (Lipinski definition) is 8. The lowest BCUT2D eigenvalue weighted by atomic mass is 9.99. The first-order valence-electron chi connectivity index (χ1n) is 28.5. The lowest BCUT2D eigenvalue weighted by Gasteiger charge is -2.40. The van der Waals surface area contributed by atoms with Crippen LogP contribution in [0.15, 0.2) is 60.8 Å². The highest BCUT2D eigenvalue weighted by molar-refractivity contribution is 5.76. The van der Waals surface area contributed by atoms with Crippen LogP contribution >= 0.6 is 0 Å². The van der Waals surface area contributed by atoms with Gasteiger partial charge in [-0.25, -0.2) is 0 Å². The maximum atomic E-state index is 13.1. The van der Waals surface area contributed by atoms with Crippen LogP contribution in [0.5, 0.6) is 0 Å². The SMILES string of the molecule is CC/C=C\C/C=C\C/C=C\C/C=C\CCCCCCCCCCCCCCCCC(=O)NC(COC1OC(CO)C(O)C(O)C1O)C(O)/C=C/CCCCCCCCCCCCCCCCCC. The number of rotatable bonds is 48. The van der Waals surface area contributed by atoms with Crippen molar-refractivity contribution in [3.05, 3.63) is 60.8 Å². The van der Waals surface area contributed by atoms with E-state index < -0.39 is 49.5 Å². The molecule has 396 valence electrons. The molecule has 0 radical (unpaired) electrons. The summed E-state index contributed by atoms with van der Waals surface area (Å²) in [6.07, 6.45) is 58.5. The fourth-order valence-corrected chi connectivity index (χ4v) is 8.85. The Morgan fingerprint density at radius 3 is 1.35 bits per heavy atom. The van der Waals surface area contributed by atoms with Crippen molar-refractivity contribution in [3.63, 3.8) is 0 Å². The normalized spacial score (nSPS) is 20.0. The topological polar surface area (TPSA) is 149 Å². The van der Waals surface area contributed by atoms with Gasteiger partial charge in [0.1, 0.15) is 24.4 Å². The molecule has 0 bridgehead atoms. The Morgan fingerprint density at radius 2 is 0.912 bits per heavy atom. The van der Waals surface area contributed by atoms with Crippen LogP contribution < -0.4 is 5.32 Å². The van der Waals surface area contributed by atoms with E-state index in [4.69, 9.17) is 9.47 Å². The second-order valence-electron chi connectivity index (χ2n) is 19.7. The van der Waals surface area contributed by atoms with Gasteiger partial charge in [0, 0.05) is 6.42 Å². The maximum Gasteiger partial charge on any atom is 0.220 e. The van der Waals surface area contributed by atoms with Crippen LogP contribution in [0.3, 0.4) is 0 Å². The Kier molecular flexibility index (Phi) is 45.6. The first-order valence-corrected chi connectivity index (χ1v) is 28.5. The molecule has 6 N–H and O–H groups in total. The number of ether oxygens (including phenoxy) is 2. The molecule has 1 rings (SSSR count). The minimum Gasteiger partial charge on any atom is -0.394 e. The van der Waals surface area contributed by atoms with Gasteiger partial charge < -0.3 is 40.3 Å². The van der Waals surface area contributed by atoms with Crippen molar-refractivity contribution in [2.45, 2.75) is 294 Å². The van der Waals surface area contributed by atoms with E-state index in [9.17, 15) is 30.3 Å². The van der Waals surface area contributed by atoms with Gasteiger partial charge in [0.05, 0.1) is 25.4 Å². The van der Waals surface area contributed by atoms with E-state index in [0.29, 0.717) is 6.42 Å². The Labute approximate surface area is 417 Å². The molecule has 9 heteroatoms. The number of carbonyl (C=O) groups excluding carboxylic acids is 1. The second-order valence-corrected chi connectivity index (χ2v) is 19.7. The molecule has 0 aliphatic carbocycles. The number of carbonyl (C=O) groups is 1. The smallest absolute Gasteiger partial charge is 0.220 e. The molecule has 0 saturated carbocycles. The molecule has 0 aromatic rings. The molecule has 68 heavy (non-hydrogen) atoms. The molecule has 7 atom stereocenters. The average molecular weight is 959 g/mol. The number of hydrogen-bond donors (Lipinski definition) is 6. The number of allylic oxidation sites excluding steroid dienone is 9. The summed E-state index contributed by atoms with van der Waals surface area (Å²) < 4.78 is 11.3. The van der Waals surface area contributed by atoms with Gasteiger partial charge in [-0.1, -0.05) is 248 Å². The van der Waals surface area contributed by atoms with Crippen molar-refractivity contribution in [2.24, 2.45) is 0 Å². The third-order valence-corrected chi connectivity index (χ3v) is 13.3. The van der Waals surface area contributed by atoms with Crippen molar-refractivity contribution < 1.29 is 39.8 Å². The van der Waals surface area contributed by atoms with Gasteiger partial charge in [-0.15, -0.1) is 0 Å². The summed E-state index contributed by atoms with van der Waals surface area (Å²) in [4.78, 5) is 13.1. The van der Waals surface area contributed by atoms with Crippen LogP contribution in [0.25, 0.3) is 0 Å². The van der Waals surface area contributed by atoms with Crippen LogP contribution in [0.1, 0.15) is 251 Å². The van der Waals surface area contributed by atoms with Crippen LogP contribution in [0.4, 0.5) is 0 Å². The van der Waals surface area contributed by atoms with Crippen molar-refractivity contribution in [2.75, 3.05) is 13.2 Å². The highest BCUT2D eigenvalue weighted by Gasteiger charge is 2.44. The predicted molar refractivity (Wildman–Crippen MR) is 286 cm³/mol. The van der Waals surface area contributed by atoms with Gasteiger partial charge in [-0.2, -0.15) is 0 Å². The molecular weight excluding hydrogens is 851 g/mol. The molecule has 1 saturated heterocycles. The standard InChI is InChI=1S/C59H107NO8/c1-3-5-7-9-11-13-15-17-19-21-23-24-25-26-27-28-29-30-31-33-35-37-39-41-43-45-47-49-55(63)60-52(51-67-59-58(66)57(65)56(64)54(50-61)68-59)53(62)48-46-44-42-40-38-36-34-32-22-20-18-16-14-12-10-8-6-4-2/h5,7,11,13,17,19,23-24,46,48,52-54,56-59,61-62,64-66H,3-4,6,8-10,12,14-16,18,20-22,25-45,47,49-51H2,1-2H3,(H,60,63)/b7-5-,13-11-,19-17-,24-23-,48-46+. The van der Waals surface area contributed by atoms with Crippen LogP contribution in [0, 0.1) is 0 Å². The molecule has 7 unspecified atom stereocenters. The van der Waals surface area contributed by atoms with E-state index >= 15 is 0 Å². The first kappa shape index (κ1) is 63.9. The van der Waals surface area contributed by atoms with E-state index in [1.54, 1.807) is 6.08 Å². The zero-order valence-corrected chi connectivity index (χ0v) is 43.9. The maximum absolute atomic E-state index is 13.1. The monoisotopic (exact) mass is 958 g/mol. The number of aliphatic hydroxyl groups is 5. The van der Waals surface area contributed by atoms with E-state index in [-0.39, 0.29) is 12.5 Å². The minimum absolute atomic E-state index is 0.177. The molecule has 1 aliphatic rings. The molecule has 9 nitrogen and oxygen atoms in total. The predicted octanol–water partition coefficient (Wildman–Crippen LogP) is 13.9. The van der Waals surface area contributed by atoms with Crippen LogP contribution in [-0.2, 0) is 14.3 Å². The Hall–Kier alpha value is -2.11. The van der Waals surface area contributed by atoms with Crippen molar-refractivity contribution >= 4 is 5.91 Å². The molecule has 1 aliphatic heterocycles. The first-order chi connectivity index (χ1) is 33.3. The Bertz CT molecular complexity index is 1250.